The Hall–Kier alpha value is -2.04. The van der Waals surface area contributed by atoms with E-state index < -0.39 is 5.97 Å². The number of hydrogen-bond donors (Lipinski definition) is 1. The van der Waals surface area contributed by atoms with Crippen LogP contribution in [0.5, 0.6) is 5.75 Å². The van der Waals surface area contributed by atoms with Crippen LogP contribution >= 0.6 is 0 Å². The number of amides is 1. The second kappa shape index (κ2) is 7.32. The summed E-state index contributed by atoms with van der Waals surface area (Å²) in [5.74, 6) is 0.247. The molecule has 0 unspecified atom stereocenters. The van der Waals surface area contributed by atoms with Crippen molar-refractivity contribution in [2.45, 2.75) is 20.0 Å². The van der Waals surface area contributed by atoms with E-state index in [1.54, 1.807) is 6.92 Å². The van der Waals surface area contributed by atoms with E-state index in [0.717, 1.165) is 11.3 Å². The number of ether oxygens (including phenoxy) is 2. The van der Waals surface area contributed by atoms with E-state index in [-0.39, 0.29) is 19.3 Å². The van der Waals surface area contributed by atoms with Crippen molar-refractivity contribution in [1.82, 2.24) is 5.32 Å². The van der Waals surface area contributed by atoms with Crippen LogP contribution < -0.4 is 10.1 Å². The van der Waals surface area contributed by atoms with Crippen LogP contribution in [0.4, 0.5) is 0 Å². The Morgan fingerprint density at radius 2 is 2.06 bits per heavy atom. The molecule has 5 nitrogen and oxygen atoms in total. The van der Waals surface area contributed by atoms with Gasteiger partial charge in [0.05, 0.1) is 0 Å². The number of nitrogens with one attached hydrogen (secondary N) is 1. The third-order valence-corrected chi connectivity index (χ3v) is 2.17. The van der Waals surface area contributed by atoms with Crippen LogP contribution in [0.15, 0.2) is 24.3 Å². The molecule has 0 aliphatic rings. The summed E-state index contributed by atoms with van der Waals surface area (Å²) in [6.07, 6.45) is 0.0848. The van der Waals surface area contributed by atoms with Crippen molar-refractivity contribution in [3.8, 4) is 5.75 Å². The molecule has 5 heteroatoms. The number of rotatable bonds is 7. The summed E-state index contributed by atoms with van der Waals surface area (Å²) >= 11 is 0. The van der Waals surface area contributed by atoms with E-state index in [2.05, 4.69) is 5.32 Å². The molecular weight excluding hydrogens is 234 g/mol. The number of esters is 1. The van der Waals surface area contributed by atoms with Crippen molar-refractivity contribution < 1.29 is 19.1 Å². The van der Waals surface area contributed by atoms with Crippen LogP contribution in [-0.4, -0.2) is 31.6 Å². The molecule has 0 aliphatic heterocycles. The third kappa shape index (κ3) is 5.34. The fraction of sp³-hybridized carbons (Fsp3) is 0.385. The number of carbonyl (C=O) groups is 2. The van der Waals surface area contributed by atoms with Crippen molar-refractivity contribution in [1.29, 1.82) is 0 Å². The predicted molar refractivity (Wildman–Crippen MR) is 66.3 cm³/mol. The molecule has 0 radical (unpaired) electrons. The van der Waals surface area contributed by atoms with Crippen molar-refractivity contribution in [3.63, 3.8) is 0 Å². The first kappa shape index (κ1) is 14.0. The molecular formula is C13H17NO4. The van der Waals surface area contributed by atoms with E-state index >= 15 is 0 Å². The molecule has 0 fully saturated rings. The van der Waals surface area contributed by atoms with E-state index in [1.165, 1.54) is 0 Å². The van der Waals surface area contributed by atoms with Crippen LogP contribution in [0.3, 0.4) is 0 Å². The van der Waals surface area contributed by atoms with Crippen LogP contribution in [0.2, 0.25) is 0 Å². The zero-order valence-corrected chi connectivity index (χ0v) is 10.5. The van der Waals surface area contributed by atoms with Gasteiger partial charge in [0, 0.05) is 0 Å². The summed E-state index contributed by atoms with van der Waals surface area (Å²) in [6, 6.07) is 7.61. The molecule has 1 aromatic carbocycles. The lowest BCUT2D eigenvalue weighted by atomic mass is 10.2. The van der Waals surface area contributed by atoms with Gasteiger partial charge in [-0.05, 0) is 26.0 Å². The second-order valence-electron chi connectivity index (χ2n) is 3.92. The highest BCUT2D eigenvalue weighted by Crippen LogP contribution is 2.11. The molecule has 1 aromatic rings. The first-order valence-corrected chi connectivity index (χ1v) is 5.68. The highest BCUT2D eigenvalue weighted by molar-refractivity contribution is 5.74. The quantitative estimate of drug-likeness (QED) is 0.581. The van der Waals surface area contributed by atoms with Crippen LogP contribution in [0.25, 0.3) is 0 Å². The Kier molecular flexibility index (Phi) is 5.70. The minimum atomic E-state index is -0.484. The van der Waals surface area contributed by atoms with Gasteiger partial charge in [0.2, 0.25) is 6.41 Å². The first-order chi connectivity index (χ1) is 8.61. The van der Waals surface area contributed by atoms with Crippen molar-refractivity contribution in [2.75, 3.05) is 13.2 Å². The van der Waals surface area contributed by atoms with Gasteiger partial charge in [-0.25, -0.2) is 0 Å². The standard InChI is InChI=1S/C13H17NO4/c1-10-3-5-12(6-4-10)17-8-11(2)18-13(16)7-14-9-15/h3-6,9,11H,7-8H2,1-2H3,(H,14,15)/t11-/m0/s1. The lowest BCUT2D eigenvalue weighted by Crippen LogP contribution is -2.29. The van der Waals surface area contributed by atoms with Crippen LogP contribution in [0.1, 0.15) is 12.5 Å². The Balaban J connectivity index is 2.28. The van der Waals surface area contributed by atoms with E-state index in [1.807, 2.05) is 31.2 Å². The van der Waals surface area contributed by atoms with Crippen LogP contribution in [0, 0.1) is 6.92 Å². The minimum absolute atomic E-state index is 0.127. The van der Waals surface area contributed by atoms with Gasteiger partial charge in [0.25, 0.3) is 0 Å². The largest absolute Gasteiger partial charge is 0.490 e. The fourth-order valence-corrected chi connectivity index (χ4v) is 1.27. The molecule has 98 valence electrons. The van der Waals surface area contributed by atoms with Gasteiger partial charge in [-0.2, -0.15) is 0 Å². The van der Waals surface area contributed by atoms with Gasteiger partial charge in [0.15, 0.2) is 0 Å². The van der Waals surface area contributed by atoms with Crippen molar-refractivity contribution >= 4 is 12.4 Å². The zero-order valence-electron chi connectivity index (χ0n) is 10.5. The summed E-state index contributed by atoms with van der Waals surface area (Å²) in [6.45, 7) is 3.87. The van der Waals surface area contributed by atoms with E-state index in [4.69, 9.17) is 9.47 Å². The summed E-state index contributed by atoms with van der Waals surface area (Å²) in [4.78, 5) is 21.2. The Morgan fingerprint density at radius 3 is 2.67 bits per heavy atom. The molecule has 1 amide bonds. The fourth-order valence-electron chi connectivity index (χ4n) is 1.27. The molecule has 18 heavy (non-hydrogen) atoms. The molecule has 0 aromatic heterocycles. The lowest BCUT2D eigenvalue weighted by Gasteiger charge is -2.14. The number of benzene rings is 1. The first-order valence-electron chi connectivity index (χ1n) is 5.68. The molecule has 0 spiro atoms. The van der Waals surface area contributed by atoms with Crippen molar-refractivity contribution in [3.05, 3.63) is 29.8 Å². The summed E-state index contributed by atoms with van der Waals surface area (Å²) in [7, 11) is 0. The average Bonchev–Trinajstić information content (AvgIpc) is 2.35. The number of hydrogen-bond acceptors (Lipinski definition) is 4. The summed E-state index contributed by atoms with van der Waals surface area (Å²) in [5, 5.41) is 2.24. The van der Waals surface area contributed by atoms with Crippen LogP contribution in [-0.2, 0) is 14.3 Å². The number of carbonyl (C=O) groups excluding carboxylic acids is 2. The second-order valence-corrected chi connectivity index (χ2v) is 3.92. The highest BCUT2D eigenvalue weighted by atomic mass is 16.6. The SMILES string of the molecule is Cc1ccc(OC[C@H](C)OC(=O)CNC=O)cc1. The lowest BCUT2D eigenvalue weighted by molar-refractivity contribution is -0.148. The molecule has 0 bridgehead atoms. The van der Waals surface area contributed by atoms with E-state index in [0.29, 0.717) is 6.41 Å². The van der Waals surface area contributed by atoms with Gasteiger partial charge >= 0.3 is 5.97 Å². The van der Waals surface area contributed by atoms with Gasteiger partial charge < -0.3 is 14.8 Å². The molecule has 0 aliphatic carbocycles. The molecule has 0 saturated heterocycles. The average molecular weight is 251 g/mol. The van der Waals surface area contributed by atoms with Gasteiger partial charge in [0.1, 0.15) is 25.0 Å². The Morgan fingerprint density at radius 1 is 1.39 bits per heavy atom. The summed E-state index contributed by atoms with van der Waals surface area (Å²) in [5.41, 5.74) is 1.15. The van der Waals surface area contributed by atoms with Gasteiger partial charge in [-0.3, -0.25) is 9.59 Å². The third-order valence-electron chi connectivity index (χ3n) is 2.17. The molecule has 1 N–H and O–H groups in total. The highest BCUT2D eigenvalue weighted by Gasteiger charge is 2.09. The topological polar surface area (TPSA) is 64.6 Å². The maximum absolute atomic E-state index is 11.2. The Bertz CT molecular complexity index is 388. The monoisotopic (exact) mass is 251 g/mol. The normalized spacial score (nSPS) is 11.4. The number of aryl methyl sites for hydroxylation is 1. The molecule has 0 heterocycles. The van der Waals surface area contributed by atoms with E-state index in [9.17, 15) is 9.59 Å². The predicted octanol–water partition coefficient (Wildman–Crippen LogP) is 1.05. The summed E-state index contributed by atoms with van der Waals surface area (Å²) < 4.78 is 10.5. The minimum Gasteiger partial charge on any atom is -0.490 e. The maximum atomic E-state index is 11.2. The molecule has 1 rings (SSSR count). The van der Waals surface area contributed by atoms with Gasteiger partial charge in [-0.15, -0.1) is 0 Å². The molecule has 0 saturated carbocycles. The molecule has 1 atom stereocenters. The smallest absolute Gasteiger partial charge is 0.325 e. The zero-order chi connectivity index (χ0) is 13.4. The Labute approximate surface area is 106 Å². The van der Waals surface area contributed by atoms with Crippen molar-refractivity contribution in [2.24, 2.45) is 0 Å². The maximum Gasteiger partial charge on any atom is 0.325 e. The van der Waals surface area contributed by atoms with Gasteiger partial charge in [-0.1, -0.05) is 17.7 Å².